The SMILES string of the molecule is CNC(=O)c1nc(C)c(C)c(N2CC[C@@H](NC(C)c3ccco3)C2)n1. The van der Waals surface area contributed by atoms with Crippen molar-refractivity contribution in [3.05, 3.63) is 41.2 Å². The fourth-order valence-corrected chi connectivity index (χ4v) is 3.20. The van der Waals surface area contributed by atoms with Gasteiger partial charge in [-0.3, -0.25) is 4.79 Å². The van der Waals surface area contributed by atoms with E-state index in [1.165, 1.54) is 0 Å². The highest BCUT2D eigenvalue weighted by atomic mass is 16.3. The lowest BCUT2D eigenvalue weighted by atomic mass is 10.2. The van der Waals surface area contributed by atoms with Gasteiger partial charge in [-0.2, -0.15) is 0 Å². The molecule has 0 spiro atoms. The summed E-state index contributed by atoms with van der Waals surface area (Å²) in [7, 11) is 1.59. The molecule has 0 radical (unpaired) electrons. The maximum Gasteiger partial charge on any atom is 0.288 e. The number of furan rings is 1. The predicted molar refractivity (Wildman–Crippen MR) is 95.8 cm³/mol. The molecular formula is C18H25N5O2. The lowest BCUT2D eigenvalue weighted by Crippen LogP contribution is -2.35. The summed E-state index contributed by atoms with van der Waals surface area (Å²) in [6, 6.07) is 4.40. The number of anilines is 1. The Morgan fingerprint density at radius 2 is 2.20 bits per heavy atom. The molecule has 2 N–H and O–H groups in total. The van der Waals surface area contributed by atoms with Gasteiger partial charge < -0.3 is 20.0 Å². The van der Waals surface area contributed by atoms with E-state index < -0.39 is 0 Å². The van der Waals surface area contributed by atoms with Crippen molar-refractivity contribution in [2.24, 2.45) is 0 Å². The number of nitrogens with one attached hydrogen (secondary N) is 2. The maximum absolute atomic E-state index is 11.9. The third kappa shape index (κ3) is 3.66. The molecule has 3 heterocycles. The minimum absolute atomic E-state index is 0.162. The Morgan fingerprint density at radius 1 is 1.40 bits per heavy atom. The molecular weight excluding hydrogens is 318 g/mol. The van der Waals surface area contributed by atoms with Crippen molar-refractivity contribution in [1.82, 2.24) is 20.6 Å². The molecule has 1 unspecified atom stereocenters. The van der Waals surface area contributed by atoms with Gasteiger partial charge in [0.15, 0.2) is 0 Å². The molecule has 0 aromatic carbocycles. The molecule has 0 aliphatic carbocycles. The van der Waals surface area contributed by atoms with Crippen molar-refractivity contribution in [3.63, 3.8) is 0 Å². The average Bonchev–Trinajstić information content (AvgIpc) is 3.28. The van der Waals surface area contributed by atoms with Gasteiger partial charge in [0.2, 0.25) is 5.82 Å². The Bertz CT molecular complexity index is 744. The highest BCUT2D eigenvalue weighted by Crippen LogP contribution is 2.25. The zero-order valence-electron chi connectivity index (χ0n) is 15.2. The molecule has 2 aromatic heterocycles. The second-order valence-corrected chi connectivity index (χ2v) is 6.50. The van der Waals surface area contributed by atoms with Gasteiger partial charge in [-0.1, -0.05) is 0 Å². The minimum Gasteiger partial charge on any atom is -0.468 e. The van der Waals surface area contributed by atoms with Crippen LogP contribution in [0, 0.1) is 13.8 Å². The van der Waals surface area contributed by atoms with Gasteiger partial charge in [0.1, 0.15) is 11.6 Å². The Balaban J connectivity index is 1.73. The van der Waals surface area contributed by atoms with Crippen molar-refractivity contribution in [3.8, 4) is 0 Å². The molecule has 7 heteroatoms. The summed E-state index contributed by atoms with van der Waals surface area (Å²) in [5.41, 5.74) is 1.86. The second kappa shape index (κ2) is 7.23. The van der Waals surface area contributed by atoms with E-state index in [9.17, 15) is 4.79 Å². The minimum atomic E-state index is -0.260. The molecule has 2 aromatic rings. The van der Waals surface area contributed by atoms with Gasteiger partial charge in [0.05, 0.1) is 12.3 Å². The van der Waals surface area contributed by atoms with Crippen LogP contribution in [0.4, 0.5) is 5.82 Å². The average molecular weight is 343 g/mol. The molecule has 0 saturated carbocycles. The monoisotopic (exact) mass is 343 g/mol. The summed E-state index contributed by atoms with van der Waals surface area (Å²) in [5, 5.41) is 6.20. The number of carbonyl (C=O) groups excluding carboxylic acids is 1. The molecule has 1 fully saturated rings. The first-order chi connectivity index (χ1) is 12.0. The van der Waals surface area contributed by atoms with E-state index in [-0.39, 0.29) is 17.8 Å². The smallest absolute Gasteiger partial charge is 0.288 e. The van der Waals surface area contributed by atoms with Crippen LogP contribution in [0.15, 0.2) is 22.8 Å². The summed E-state index contributed by atoms with van der Waals surface area (Å²) >= 11 is 0. The van der Waals surface area contributed by atoms with Crippen LogP contribution in [0.25, 0.3) is 0 Å². The van der Waals surface area contributed by atoms with Gasteiger partial charge in [-0.25, -0.2) is 9.97 Å². The van der Waals surface area contributed by atoms with Crippen LogP contribution in [-0.4, -0.2) is 42.1 Å². The second-order valence-electron chi connectivity index (χ2n) is 6.50. The number of aromatic nitrogens is 2. The van der Waals surface area contributed by atoms with Gasteiger partial charge >= 0.3 is 0 Å². The van der Waals surface area contributed by atoms with Gasteiger partial charge in [-0.05, 0) is 39.3 Å². The number of carbonyl (C=O) groups is 1. The van der Waals surface area contributed by atoms with Crippen LogP contribution < -0.4 is 15.5 Å². The van der Waals surface area contributed by atoms with E-state index in [2.05, 4.69) is 32.4 Å². The molecule has 0 bridgehead atoms. The molecule has 3 rings (SSSR count). The third-order valence-electron chi connectivity index (χ3n) is 4.74. The highest BCUT2D eigenvalue weighted by molar-refractivity contribution is 5.90. The predicted octanol–water partition coefficient (Wildman–Crippen LogP) is 1.98. The van der Waals surface area contributed by atoms with Crippen LogP contribution in [0.3, 0.4) is 0 Å². The number of nitrogens with zero attached hydrogens (tertiary/aromatic N) is 3. The van der Waals surface area contributed by atoms with Crippen LogP contribution in [0.5, 0.6) is 0 Å². The van der Waals surface area contributed by atoms with E-state index in [0.717, 1.165) is 42.3 Å². The topological polar surface area (TPSA) is 83.3 Å². The van der Waals surface area contributed by atoms with Crippen LogP contribution in [0.1, 0.15) is 47.0 Å². The first-order valence-electron chi connectivity index (χ1n) is 8.61. The van der Waals surface area contributed by atoms with Crippen molar-refractivity contribution < 1.29 is 9.21 Å². The number of rotatable bonds is 5. The van der Waals surface area contributed by atoms with E-state index in [1.54, 1.807) is 13.3 Å². The Morgan fingerprint density at radius 3 is 2.88 bits per heavy atom. The van der Waals surface area contributed by atoms with Crippen LogP contribution in [0.2, 0.25) is 0 Å². The molecule has 1 saturated heterocycles. The molecule has 1 amide bonds. The largest absolute Gasteiger partial charge is 0.468 e. The normalized spacial score (nSPS) is 18.4. The first kappa shape index (κ1) is 17.4. The van der Waals surface area contributed by atoms with E-state index in [1.807, 2.05) is 26.0 Å². The van der Waals surface area contributed by atoms with E-state index >= 15 is 0 Å². The molecule has 134 valence electrons. The summed E-state index contributed by atoms with van der Waals surface area (Å²) in [5.74, 6) is 1.75. The lowest BCUT2D eigenvalue weighted by molar-refractivity contribution is 0.0952. The Hall–Kier alpha value is -2.41. The highest BCUT2D eigenvalue weighted by Gasteiger charge is 2.27. The lowest BCUT2D eigenvalue weighted by Gasteiger charge is -2.22. The number of aryl methyl sites for hydroxylation is 1. The molecule has 1 aliphatic heterocycles. The van der Waals surface area contributed by atoms with Crippen molar-refractivity contribution in [2.75, 3.05) is 25.0 Å². The molecule has 2 atom stereocenters. The first-order valence-corrected chi connectivity index (χ1v) is 8.61. The zero-order valence-corrected chi connectivity index (χ0v) is 15.2. The fraction of sp³-hybridized carbons (Fsp3) is 0.500. The number of hydrogen-bond acceptors (Lipinski definition) is 6. The summed E-state index contributed by atoms with van der Waals surface area (Å²) < 4.78 is 5.47. The summed E-state index contributed by atoms with van der Waals surface area (Å²) in [6.07, 6.45) is 2.71. The number of hydrogen-bond donors (Lipinski definition) is 2. The van der Waals surface area contributed by atoms with Gasteiger partial charge in [0.25, 0.3) is 5.91 Å². The standard InChI is InChI=1S/C18H25N5O2/c1-11-12(2)21-16(18(24)19-4)22-17(11)23-8-7-14(10-23)20-13(3)15-6-5-9-25-15/h5-6,9,13-14,20H,7-8,10H2,1-4H3,(H,19,24)/t13?,14-/m1/s1. The van der Waals surface area contributed by atoms with Crippen molar-refractivity contribution in [1.29, 1.82) is 0 Å². The fourth-order valence-electron chi connectivity index (χ4n) is 3.20. The third-order valence-corrected chi connectivity index (χ3v) is 4.74. The van der Waals surface area contributed by atoms with Crippen molar-refractivity contribution in [2.45, 2.75) is 39.3 Å². The Kier molecular flexibility index (Phi) is 5.03. The summed E-state index contributed by atoms with van der Waals surface area (Å²) in [4.78, 5) is 22.9. The quantitative estimate of drug-likeness (QED) is 0.864. The summed E-state index contributed by atoms with van der Waals surface area (Å²) in [6.45, 7) is 7.76. The Labute approximate surface area is 147 Å². The van der Waals surface area contributed by atoms with Crippen molar-refractivity contribution >= 4 is 11.7 Å². The van der Waals surface area contributed by atoms with Crippen LogP contribution in [-0.2, 0) is 0 Å². The molecule has 7 nitrogen and oxygen atoms in total. The van der Waals surface area contributed by atoms with E-state index in [0.29, 0.717) is 6.04 Å². The van der Waals surface area contributed by atoms with Crippen LogP contribution >= 0.6 is 0 Å². The number of amides is 1. The zero-order chi connectivity index (χ0) is 18.0. The van der Waals surface area contributed by atoms with Gasteiger partial charge in [-0.15, -0.1) is 0 Å². The molecule has 1 aliphatic rings. The maximum atomic E-state index is 11.9. The molecule has 25 heavy (non-hydrogen) atoms. The van der Waals surface area contributed by atoms with Gasteiger partial charge in [0, 0.05) is 37.4 Å². The van der Waals surface area contributed by atoms with E-state index in [4.69, 9.17) is 4.42 Å².